The van der Waals surface area contributed by atoms with Crippen molar-refractivity contribution in [2.75, 3.05) is 5.32 Å². The number of nitrogens with zero attached hydrogens (tertiary/aromatic N) is 3. The second-order valence-corrected chi connectivity index (χ2v) is 6.05. The number of amides is 1. The van der Waals surface area contributed by atoms with Gasteiger partial charge in [0.15, 0.2) is 0 Å². The van der Waals surface area contributed by atoms with Crippen LogP contribution in [0.15, 0.2) is 36.0 Å². The van der Waals surface area contributed by atoms with Crippen molar-refractivity contribution in [2.45, 2.75) is 13.8 Å². The molecule has 0 spiro atoms. The van der Waals surface area contributed by atoms with Gasteiger partial charge in [0, 0.05) is 5.02 Å². The van der Waals surface area contributed by atoms with E-state index in [2.05, 4.69) is 15.4 Å². The van der Waals surface area contributed by atoms with Crippen molar-refractivity contribution in [3.63, 3.8) is 0 Å². The van der Waals surface area contributed by atoms with E-state index in [0.717, 1.165) is 17.1 Å². The number of aryl methyl sites for hydroxylation is 1. The number of halogens is 1. The molecule has 0 saturated carbocycles. The lowest BCUT2D eigenvalue weighted by Gasteiger charge is -2.06. The number of hydrogen-bond donors (Lipinski definition) is 1. The van der Waals surface area contributed by atoms with Crippen LogP contribution in [-0.4, -0.2) is 20.7 Å². The first-order chi connectivity index (χ1) is 10.6. The number of carbonyl (C=O) groups is 1. The Kier molecular flexibility index (Phi) is 3.96. The molecule has 1 N–H and O–H groups in total. The van der Waals surface area contributed by atoms with E-state index in [1.807, 2.05) is 32.0 Å². The van der Waals surface area contributed by atoms with E-state index in [4.69, 9.17) is 11.6 Å². The Morgan fingerprint density at radius 1 is 1.36 bits per heavy atom. The van der Waals surface area contributed by atoms with Gasteiger partial charge in [-0.25, -0.2) is 9.67 Å². The number of hydrogen-bond acceptors (Lipinski definition) is 4. The van der Waals surface area contributed by atoms with E-state index >= 15 is 0 Å². The molecule has 5 nitrogen and oxygen atoms in total. The number of nitrogens with one attached hydrogen (secondary N) is 1. The molecule has 7 heteroatoms. The van der Waals surface area contributed by atoms with Gasteiger partial charge in [0.25, 0.3) is 5.91 Å². The van der Waals surface area contributed by atoms with Gasteiger partial charge in [-0.2, -0.15) is 5.10 Å². The summed E-state index contributed by atoms with van der Waals surface area (Å²) >= 11 is 7.33. The lowest BCUT2D eigenvalue weighted by molar-refractivity contribution is 0.102. The van der Waals surface area contributed by atoms with Gasteiger partial charge in [0.1, 0.15) is 4.88 Å². The minimum absolute atomic E-state index is 0.172. The van der Waals surface area contributed by atoms with Crippen LogP contribution in [-0.2, 0) is 0 Å². The molecule has 2 aromatic heterocycles. The number of aromatic nitrogens is 3. The lowest BCUT2D eigenvalue weighted by atomic mass is 10.3. The molecule has 1 aromatic carbocycles. The Balaban J connectivity index is 1.88. The van der Waals surface area contributed by atoms with Crippen molar-refractivity contribution in [1.82, 2.24) is 14.8 Å². The molecule has 0 bridgehead atoms. The van der Waals surface area contributed by atoms with E-state index in [9.17, 15) is 4.79 Å². The third-order valence-electron chi connectivity index (χ3n) is 3.26. The molecule has 0 aliphatic heterocycles. The third kappa shape index (κ3) is 2.75. The molecular weight excluding hydrogens is 320 g/mol. The highest BCUT2D eigenvalue weighted by atomic mass is 35.5. The SMILES string of the molecule is Cc1ncsc1C(=O)Nc1cnn(-c2cccc(Cl)c2)c1C. The van der Waals surface area contributed by atoms with Gasteiger partial charge in [-0.1, -0.05) is 17.7 Å². The molecule has 3 aromatic rings. The van der Waals surface area contributed by atoms with Crippen LogP contribution in [0.3, 0.4) is 0 Å². The first kappa shape index (κ1) is 14.7. The van der Waals surface area contributed by atoms with E-state index < -0.39 is 0 Å². The molecule has 22 heavy (non-hydrogen) atoms. The molecule has 2 heterocycles. The van der Waals surface area contributed by atoms with Gasteiger partial charge >= 0.3 is 0 Å². The predicted octanol–water partition coefficient (Wildman–Crippen LogP) is 3.85. The highest BCUT2D eigenvalue weighted by molar-refractivity contribution is 7.12. The van der Waals surface area contributed by atoms with E-state index in [1.165, 1.54) is 11.3 Å². The van der Waals surface area contributed by atoms with E-state index in [-0.39, 0.29) is 5.91 Å². The van der Waals surface area contributed by atoms with Gasteiger partial charge in [-0.05, 0) is 32.0 Å². The van der Waals surface area contributed by atoms with Crippen molar-refractivity contribution in [1.29, 1.82) is 0 Å². The first-order valence-electron chi connectivity index (χ1n) is 6.58. The van der Waals surface area contributed by atoms with Crippen LogP contribution in [0, 0.1) is 13.8 Å². The van der Waals surface area contributed by atoms with Crippen LogP contribution in [0.4, 0.5) is 5.69 Å². The summed E-state index contributed by atoms with van der Waals surface area (Å²) in [6, 6.07) is 7.39. The minimum atomic E-state index is -0.172. The zero-order chi connectivity index (χ0) is 15.7. The molecule has 0 aliphatic carbocycles. The van der Waals surface area contributed by atoms with Crippen molar-refractivity contribution in [3.05, 3.63) is 57.3 Å². The highest BCUT2D eigenvalue weighted by Gasteiger charge is 2.15. The van der Waals surface area contributed by atoms with Gasteiger partial charge in [0.2, 0.25) is 0 Å². The summed E-state index contributed by atoms with van der Waals surface area (Å²) < 4.78 is 1.74. The lowest BCUT2D eigenvalue weighted by Crippen LogP contribution is -2.12. The maximum atomic E-state index is 12.2. The summed E-state index contributed by atoms with van der Waals surface area (Å²) in [7, 11) is 0. The van der Waals surface area contributed by atoms with Crippen molar-refractivity contribution in [2.24, 2.45) is 0 Å². The summed E-state index contributed by atoms with van der Waals surface area (Å²) in [5.74, 6) is -0.172. The Bertz CT molecular complexity index is 840. The summed E-state index contributed by atoms with van der Waals surface area (Å²) in [6.45, 7) is 3.71. The fourth-order valence-electron chi connectivity index (χ4n) is 2.10. The molecule has 3 rings (SSSR count). The fourth-order valence-corrected chi connectivity index (χ4v) is 2.98. The van der Waals surface area contributed by atoms with Crippen LogP contribution < -0.4 is 5.32 Å². The van der Waals surface area contributed by atoms with E-state index in [1.54, 1.807) is 22.5 Å². The Morgan fingerprint density at radius 3 is 2.86 bits per heavy atom. The molecule has 0 saturated heterocycles. The monoisotopic (exact) mass is 332 g/mol. The highest BCUT2D eigenvalue weighted by Crippen LogP contribution is 2.22. The van der Waals surface area contributed by atoms with Crippen molar-refractivity contribution in [3.8, 4) is 5.69 Å². The standard InChI is InChI=1S/C15H13ClN4OS/c1-9-14(22-8-17-9)15(21)19-13-7-18-20(10(13)2)12-5-3-4-11(16)6-12/h3-8H,1-2H3,(H,19,21). The van der Waals surface area contributed by atoms with Crippen molar-refractivity contribution >= 4 is 34.5 Å². The number of anilines is 1. The molecule has 0 unspecified atom stereocenters. The second-order valence-electron chi connectivity index (χ2n) is 4.76. The molecule has 112 valence electrons. The summed E-state index contributed by atoms with van der Waals surface area (Å²) in [6.07, 6.45) is 1.63. The van der Waals surface area contributed by atoms with Crippen molar-refractivity contribution < 1.29 is 4.79 Å². The molecular formula is C15H13ClN4OS. The van der Waals surface area contributed by atoms with Crippen LogP contribution in [0.5, 0.6) is 0 Å². The topological polar surface area (TPSA) is 59.8 Å². The van der Waals surface area contributed by atoms with Crippen LogP contribution in [0.25, 0.3) is 5.69 Å². The predicted molar refractivity (Wildman–Crippen MR) is 88.1 cm³/mol. The maximum absolute atomic E-state index is 12.2. The zero-order valence-corrected chi connectivity index (χ0v) is 13.6. The van der Waals surface area contributed by atoms with Gasteiger partial charge < -0.3 is 5.32 Å². The van der Waals surface area contributed by atoms with Gasteiger partial charge in [-0.3, -0.25) is 4.79 Å². The summed E-state index contributed by atoms with van der Waals surface area (Å²) in [4.78, 5) is 16.9. The number of benzene rings is 1. The smallest absolute Gasteiger partial charge is 0.267 e. The normalized spacial score (nSPS) is 10.7. The van der Waals surface area contributed by atoms with Gasteiger partial charge in [-0.15, -0.1) is 11.3 Å². The molecule has 0 atom stereocenters. The second kappa shape index (κ2) is 5.90. The molecule has 0 radical (unpaired) electrons. The maximum Gasteiger partial charge on any atom is 0.267 e. The average Bonchev–Trinajstić information content (AvgIpc) is 3.06. The zero-order valence-electron chi connectivity index (χ0n) is 12.0. The third-order valence-corrected chi connectivity index (χ3v) is 4.42. The largest absolute Gasteiger partial charge is 0.318 e. The van der Waals surface area contributed by atoms with Crippen LogP contribution in [0.2, 0.25) is 5.02 Å². The Hall–Kier alpha value is -2.18. The average molecular weight is 333 g/mol. The van der Waals surface area contributed by atoms with E-state index in [0.29, 0.717) is 15.6 Å². The number of carbonyl (C=O) groups excluding carboxylic acids is 1. The number of thiazole rings is 1. The summed E-state index contributed by atoms with van der Waals surface area (Å²) in [5.41, 5.74) is 4.73. The summed E-state index contributed by atoms with van der Waals surface area (Å²) in [5, 5.41) is 7.83. The Morgan fingerprint density at radius 2 is 2.18 bits per heavy atom. The molecule has 1 amide bonds. The Labute approximate surface area is 136 Å². The molecule has 0 fully saturated rings. The first-order valence-corrected chi connectivity index (χ1v) is 7.84. The number of rotatable bonds is 3. The molecule has 0 aliphatic rings. The quantitative estimate of drug-likeness (QED) is 0.792. The van der Waals surface area contributed by atoms with Crippen LogP contribution in [0.1, 0.15) is 21.1 Å². The van der Waals surface area contributed by atoms with Crippen LogP contribution >= 0.6 is 22.9 Å². The minimum Gasteiger partial charge on any atom is -0.318 e. The van der Waals surface area contributed by atoms with Gasteiger partial charge in [0.05, 0.1) is 34.5 Å². The fraction of sp³-hybridized carbons (Fsp3) is 0.133.